The van der Waals surface area contributed by atoms with Crippen LogP contribution in [0.2, 0.25) is 0 Å². The summed E-state index contributed by atoms with van der Waals surface area (Å²) in [6, 6.07) is 11.2. The Hall–Kier alpha value is -3.80. The van der Waals surface area contributed by atoms with Crippen molar-refractivity contribution in [3.63, 3.8) is 0 Å². The zero-order chi connectivity index (χ0) is 56.0. The second-order valence-corrected chi connectivity index (χ2v) is 20.9. The summed E-state index contributed by atoms with van der Waals surface area (Å²) in [5.41, 5.74) is 1.32. The number of aldehydes is 3. The molecule has 5 rings (SSSR count). The van der Waals surface area contributed by atoms with Crippen molar-refractivity contribution in [3.8, 4) is 0 Å². The normalized spacial score (nSPS) is 20.9. The number of hydrogen-bond acceptors (Lipinski definition) is 14. The largest absolute Gasteiger partial charge is 0.379 e. The first-order valence-electron chi connectivity index (χ1n) is 27.1. The molecule has 10 unspecified atom stereocenters. The Balaban J connectivity index is 0.00000109. The fourth-order valence-electron chi connectivity index (χ4n) is 9.43. The van der Waals surface area contributed by atoms with Crippen molar-refractivity contribution < 1.29 is 52.5 Å². The third-order valence-corrected chi connectivity index (χ3v) is 14.5. The number of hydrogen-bond donors (Lipinski definition) is 3. The van der Waals surface area contributed by atoms with Gasteiger partial charge in [-0.15, -0.1) is 0 Å². The van der Waals surface area contributed by atoms with Gasteiger partial charge in [0.15, 0.2) is 8.38 Å². The lowest BCUT2D eigenvalue weighted by atomic mass is 9.91. The number of carbonyl (C=O) groups excluding carboxylic acids is 7. The summed E-state index contributed by atoms with van der Waals surface area (Å²) in [5, 5.41) is 5.43. The lowest BCUT2D eigenvalue weighted by molar-refractivity contribution is -0.142. The van der Waals surface area contributed by atoms with E-state index in [1.165, 1.54) is 48.3 Å². The van der Waals surface area contributed by atoms with Crippen LogP contribution in [0.25, 0.3) is 0 Å². The van der Waals surface area contributed by atoms with Crippen LogP contribution in [0.1, 0.15) is 137 Å². The van der Waals surface area contributed by atoms with Crippen LogP contribution in [0.3, 0.4) is 0 Å². The number of likely N-dealkylation sites (tertiary alicyclic amines) is 2. The minimum absolute atomic E-state index is 0.0346. The van der Waals surface area contributed by atoms with E-state index in [-0.39, 0.29) is 54.1 Å². The van der Waals surface area contributed by atoms with E-state index in [4.69, 9.17) is 14.0 Å². The molecule has 0 spiro atoms. The van der Waals surface area contributed by atoms with Gasteiger partial charge in [0.1, 0.15) is 18.9 Å². The van der Waals surface area contributed by atoms with E-state index < -0.39 is 20.4 Å². The highest BCUT2D eigenvalue weighted by atomic mass is 31.2. The Kier molecular flexibility index (Phi) is 40.2. The van der Waals surface area contributed by atoms with Crippen LogP contribution in [0.4, 0.5) is 0 Å². The first-order valence-corrected chi connectivity index (χ1v) is 28.5. The Morgan fingerprint density at radius 3 is 2.01 bits per heavy atom. The molecule has 1 aromatic rings. The lowest BCUT2D eigenvalue weighted by Crippen LogP contribution is -2.52. The van der Waals surface area contributed by atoms with Gasteiger partial charge in [-0.25, -0.2) is 0 Å². The average molecular weight is 1060 g/mol. The summed E-state index contributed by atoms with van der Waals surface area (Å²) in [5.74, 6) is -0.0486. The molecule has 1 saturated carbocycles. The smallest absolute Gasteiger partial charge is 0.253 e. The quantitative estimate of drug-likeness (QED) is 0.0359. The summed E-state index contributed by atoms with van der Waals surface area (Å²) in [7, 11) is 9.43. The Labute approximate surface area is 447 Å². The maximum absolute atomic E-state index is 13.4. The van der Waals surface area contributed by atoms with Crippen molar-refractivity contribution in [2.24, 2.45) is 17.8 Å². The van der Waals surface area contributed by atoms with Crippen molar-refractivity contribution in [1.29, 1.82) is 0 Å². The molecule has 2 saturated heterocycles. The van der Waals surface area contributed by atoms with E-state index in [0.717, 1.165) is 76.3 Å². The van der Waals surface area contributed by atoms with Gasteiger partial charge in [0.05, 0.1) is 56.1 Å². The highest BCUT2D eigenvalue weighted by molar-refractivity contribution is 7.46. The standard InChI is InChI=1S/C25H50N3O6P.C10H13NO3.C8H13NO.C7H8.C3H7NO.C3H8/c1-9-11-15-34-35(31)17-26-25(30)19(4)24(33-8)20-13-12-14-28(20)22(29)16-21(32-7)23(27(5)6)18(3)10-2;12-8-4-2-1-3-7-11-9(13)5-6-10(11)14;1-9-7-3-2-6(4-7)8(9)5-10;1-7-5-3-2-4-6-7;1-4-2-3-5;1-3-2/h18-21,23-24,31H,9-17H2,1-8H3,(H,26,30);5-6,8H,1-4,7H2;5-8H,2-4H2,1H3;2-6H,1H3;3-4H,2H2,1H3;3H2,1-2H3. The molecule has 17 nitrogen and oxygen atoms in total. The molecule has 3 fully saturated rings. The first-order chi connectivity index (χ1) is 35.4. The van der Waals surface area contributed by atoms with E-state index in [9.17, 15) is 38.5 Å². The van der Waals surface area contributed by atoms with E-state index >= 15 is 0 Å². The number of amides is 4. The second-order valence-electron chi connectivity index (χ2n) is 19.6. The molecule has 18 heteroatoms. The molecule has 4 amide bonds. The number of nitrogens with one attached hydrogen (secondary N) is 2. The number of unbranched alkanes of at least 4 members (excludes halogenated alkanes) is 4. The third-order valence-electron chi connectivity index (χ3n) is 13.6. The molecule has 1 aliphatic carbocycles. The molecule has 1 aromatic carbocycles. The molecule has 74 heavy (non-hydrogen) atoms. The SMILES string of the molecule is CCC.CCCCOP(O)CNC(=O)C(C)C(OC)C1CCCN1C(=O)CC(OC)C(C(C)CC)N(C)C.CN1C2CCC(C2)C1C=O.CNCC=O.Cc1ccccc1.O=CCCCCCN1C(=O)C=CC1=O. The molecule has 3 N–H and O–H groups in total. The average Bonchev–Trinajstić information content (AvgIpc) is 4.20. The molecule has 424 valence electrons. The minimum atomic E-state index is -1.69. The van der Waals surface area contributed by atoms with Gasteiger partial charge in [0, 0.05) is 58.0 Å². The van der Waals surface area contributed by atoms with Crippen molar-refractivity contribution in [1.82, 2.24) is 30.2 Å². The van der Waals surface area contributed by atoms with Gasteiger partial charge < -0.3 is 53.7 Å². The van der Waals surface area contributed by atoms with E-state index in [2.05, 4.69) is 81.2 Å². The van der Waals surface area contributed by atoms with Gasteiger partial charge in [-0.2, -0.15) is 0 Å². The molecule has 10 atom stereocenters. The zero-order valence-corrected chi connectivity index (χ0v) is 48.6. The number of benzene rings is 1. The van der Waals surface area contributed by atoms with Gasteiger partial charge in [-0.1, -0.05) is 103 Å². The minimum Gasteiger partial charge on any atom is -0.379 e. The number of piperidine rings is 1. The third kappa shape index (κ3) is 26.8. The molecule has 0 aromatic heterocycles. The number of methoxy groups -OCH3 is 2. The van der Waals surface area contributed by atoms with Crippen molar-refractivity contribution >= 4 is 50.9 Å². The van der Waals surface area contributed by atoms with Crippen LogP contribution in [0.5, 0.6) is 0 Å². The lowest BCUT2D eigenvalue weighted by Gasteiger charge is -2.38. The van der Waals surface area contributed by atoms with Crippen molar-refractivity contribution in [2.45, 2.75) is 175 Å². The number of nitrogens with zero attached hydrogens (tertiary/aromatic N) is 4. The number of imide groups is 1. The topological polar surface area (TPSA) is 204 Å². The molecular formula is C56H99N6O11P. The summed E-state index contributed by atoms with van der Waals surface area (Å²) >= 11 is 0. The number of fused-ring (bicyclic) bond motifs is 2. The predicted molar refractivity (Wildman–Crippen MR) is 296 cm³/mol. The molecule has 3 heterocycles. The monoisotopic (exact) mass is 1060 g/mol. The fraction of sp³-hybridized carbons (Fsp3) is 0.732. The van der Waals surface area contributed by atoms with Crippen LogP contribution < -0.4 is 10.6 Å². The number of aryl methyl sites for hydroxylation is 1. The van der Waals surface area contributed by atoms with Gasteiger partial charge >= 0.3 is 0 Å². The number of carbonyl (C=O) groups is 7. The molecular weight excluding hydrogens is 964 g/mol. The number of likely N-dealkylation sites (N-methyl/N-ethyl adjacent to an activating group) is 3. The van der Waals surface area contributed by atoms with Crippen LogP contribution in [-0.2, 0) is 47.6 Å². The maximum Gasteiger partial charge on any atom is 0.253 e. The molecule has 4 aliphatic rings. The Morgan fingerprint density at radius 1 is 0.919 bits per heavy atom. The summed E-state index contributed by atoms with van der Waals surface area (Å²) < 4.78 is 16.9. The summed E-state index contributed by atoms with van der Waals surface area (Å²) in [6.07, 6.45) is 17.8. The highest BCUT2D eigenvalue weighted by Gasteiger charge is 2.44. The Morgan fingerprint density at radius 2 is 1.57 bits per heavy atom. The van der Waals surface area contributed by atoms with E-state index in [0.29, 0.717) is 50.9 Å². The van der Waals surface area contributed by atoms with E-state index in [1.807, 2.05) is 44.1 Å². The molecule has 2 bridgehead atoms. The Bertz CT molecular complexity index is 1710. The predicted octanol–water partition coefficient (Wildman–Crippen LogP) is 7.36. The van der Waals surface area contributed by atoms with Crippen molar-refractivity contribution in [3.05, 3.63) is 48.0 Å². The van der Waals surface area contributed by atoms with Gasteiger partial charge in [-0.3, -0.25) is 29.0 Å². The zero-order valence-electron chi connectivity index (χ0n) is 47.7. The van der Waals surface area contributed by atoms with Crippen LogP contribution in [0.15, 0.2) is 42.5 Å². The van der Waals surface area contributed by atoms with Crippen molar-refractivity contribution in [2.75, 3.05) is 74.9 Å². The van der Waals surface area contributed by atoms with Crippen LogP contribution in [0, 0.1) is 24.7 Å². The molecule has 0 radical (unpaired) electrons. The number of rotatable bonds is 26. The number of ether oxygens (including phenoxy) is 2. The van der Waals surface area contributed by atoms with Gasteiger partial charge in [0.2, 0.25) is 11.8 Å². The summed E-state index contributed by atoms with van der Waals surface area (Å²) in [6.45, 7) is 16.6. The van der Waals surface area contributed by atoms with E-state index in [1.54, 1.807) is 21.3 Å². The van der Waals surface area contributed by atoms with Crippen LogP contribution >= 0.6 is 8.38 Å². The molecule has 3 aliphatic heterocycles. The second kappa shape index (κ2) is 42.3. The van der Waals surface area contributed by atoms with Gasteiger partial charge in [-0.05, 0) is 98.3 Å². The van der Waals surface area contributed by atoms with Gasteiger partial charge in [0.25, 0.3) is 11.8 Å². The first kappa shape index (κ1) is 70.2. The highest BCUT2D eigenvalue weighted by Crippen LogP contribution is 2.40. The van der Waals surface area contributed by atoms with Crippen LogP contribution in [-0.4, -0.2) is 178 Å². The fourth-order valence-corrected chi connectivity index (χ4v) is 10.2. The maximum atomic E-state index is 13.4. The summed E-state index contributed by atoms with van der Waals surface area (Å²) in [4.78, 5) is 95.8.